The lowest BCUT2D eigenvalue weighted by atomic mass is 10.0. The molecule has 148 valence electrons. The Kier molecular flexibility index (Phi) is 4.03. The monoisotopic (exact) mass is 395 g/mol. The van der Waals surface area contributed by atoms with E-state index in [2.05, 4.69) is 22.1 Å². The van der Waals surface area contributed by atoms with E-state index in [1.807, 2.05) is 61.7 Å². The van der Waals surface area contributed by atoms with Crippen LogP contribution in [0.2, 0.25) is 0 Å². The van der Waals surface area contributed by atoms with Gasteiger partial charge in [-0.05, 0) is 68.3 Å². The molecular weight excluding hydrogens is 374 g/mol. The van der Waals surface area contributed by atoms with Crippen molar-refractivity contribution in [1.82, 2.24) is 24.1 Å². The van der Waals surface area contributed by atoms with Gasteiger partial charge in [0.05, 0.1) is 16.6 Å². The SMILES string of the molecule is Cc1cc(-c2cc3n(C)c(=O)c4ccc(-c5cc(C)nc(C)c5)cc4n3n2)ccn1. The zero-order chi connectivity index (χ0) is 21.0. The topological polar surface area (TPSA) is 65.1 Å². The number of aromatic nitrogens is 5. The van der Waals surface area contributed by atoms with Crippen molar-refractivity contribution in [2.24, 2.45) is 7.05 Å². The lowest BCUT2D eigenvalue weighted by Crippen LogP contribution is -2.19. The van der Waals surface area contributed by atoms with Crippen LogP contribution in [0.15, 0.2) is 59.5 Å². The van der Waals surface area contributed by atoms with Gasteiger partial charge in [0, 0.05) is 42.0 Å². The van der Waals surface area contributed by atoms with Gasteiger partial charge in [0.2, 0.25) is 0 Å². The average Bonchev–Trinajstić information content (AvgIpc) is 3.17. The lowest BCUT2D eigenvalue weighted by Gasteiger charge is -2.09. The lowest BCUT2D eigenvalue weighted by molar-refractivity contribution is 0.850. The minimum absolute atomic E-state index is 0.0384. The second-order valence-corrected chi connectivity index (χ2v) is 7.72. The summed E-state index contributed by atoms with van der Waals surface area (Å²) in [7, 11) is 1.78. The summed E-state index contributed by atoms with van der Waals surface area (Å²) in [5, 5.41) is 5.48. The second-order valence-electron chi connectivity index (χ2n) is 7.72. The number of nitrogens with zero attached hydrogens (tertiary/aromatic N) is 5. The van der Waals surface area contributed by atoms with Crippen molar-refractivity contribution in [3.8, 4) is 22.4 Å². The molecule has 6 heteroatoms. The minimum Gasteiger partial charge on any atom is -0.296 e. The molecule has 0 aliphatic heterocycles. The van der Waals surface area contributed by atoms with Gasteiger partial charge < -0.3 is 0 Å². The Hall–Kier alpha value is -3.80. The van der Waals surface area contributed by atoms with Crippen LogP contribution in [0.3, 0.4) is 0 Å². The van der Waals surface area contributed by atoms with E-state index < -0.39 is 0 Å². The predicted molar refractivity (Wildman–Crippen MR) is 119 cm³/mol. The van der Waals surface area contributed by atoms with Gasteiger partial charge >= 0.3 is 0 Å². The maximum absolute atomic E-state index is 13.0. The van der Waals surface area contributed by atoms with E-state index in [-0.39, 0.29) is 5.56 Å². The maximum atomic E-state index is 13.0. The van der Waals surface area contributed by atoms with Crippen molar-refractivity contribution in [3.05, 3.63) is 82.2 Å². The maximum Gasteiger partial charge on any atom is 0.261 e. The van der Waals surface area contributed by atoms with Crippen LogP contribution in [0.1, 0.15) is 17.1 Å². The van der Waals surface area contributed by atoms with Gasteiger partial charge in [-0.25, -0.2) is 4.52 Å². The summed E-state index contributed by atoms with van der Waals surface area (Å²) < 4.78 is 3.50. The molecule has 0 saturated carbocycles. The summed E-state index contributed by atoms with van der Waals surface area (Å²) in [6.45, 7) is 5.93. The van der Waals surface area contributed by atoms with Crippen LogP contribution in [0.5, 0.6) is 0 Å². The van der Waals surface area contributed by atoms with Gasteiger partial charge in [0.25, 0.3) is 5.56 Å². The number of hydrogen-bond donors (Lipinski definition) is 0. The summed E-state index contributed by atoms with van der Waals surface area (Å²) in [4.78, 5) is 21.7. The van der Waals surface area contributed by atoms with E-state index in [0.29, 0.717) is 5.39 Å². The molecule has 0 aliphatic carbocycles. The van der Waals surface area contributed by atoms with Gasteiger partial charge in [-0.3, -0.25) is 19.3 Å². The number of aryl methyl sites for hydroxylation is 4. The van der Waals surface area contributed by atoms with Crippen LogP contribution < -0.4 is 5.56 Å². The van der Waals surface area contributed by atoms with Crippen molar-refractivity contribution in [2.75, 3.05) is 0 Å². The molecule has 0 N–H and O–H groups in total. The highest BCUT2D eigenvalue weighted by Gasteiger charge is 2.14. The third-order valence-electron chi connectivity index (χ3n) is 5.40. The molecule has 0 amide bonds. The molecule has 0 unspecified atom stereocenters. The Balaban J connectivity index is 1.81. The number of benzene rings is 1. The summed E-state index contributed by atoms with van der Waals surface area (Å²) in [6, 6.07) is 15.9. The summed E-state index contributed by atoms with van der Waals surface area (Å²) in [5.41, 5.74) is 8.24. The van der Waals surface area contributed by atoms with E-state index >= 15 is 0 Å². The molecule has 1 aromatic carbocycles. The molecular formula is C24H21N5O. The molecule has 6 nitrogen and oxygen atoms in total. The summed E-state index contributed by atoms with van der Waals surface area (Å²) in [5.74, 6) is 0. The Morgan fingerprint density at radius 1 is 0.800 bits per heavy atom. The standard InChI is InChI=1S/C24H21N5O/c1-14-9-18(7-8-25-14)21-13-23-28(4)24(30)20-6-5-17(12-22(20)29(23)27-21)19-10-15(2)26-16(3)11-19/h5-13H,1-4H3. The highest BCUT2D eigenvalue weighted by atomic mass is 16.1. The van der Waals surface area contributed by atoms with Crippen LogP contribution >= 0.6 is 0 Å². The molecule has 0 spiro atoms. The fourth-order valence-electron chi connectivity index (χ4n) is 3.99. The zero-order valence-electron chi connectivity index (χ0n) is 17.3. The zero-order valence-corrected chi connectivity index (χ0v) is 17.3. The van der Waals surface area contributed by atoms with Crippen LogP contribution in [0.25, 0.3) is 38.9 Å². The molecule has 0 bridgehead atoms. The van der Waals surface area contributed by atoms with Gasteiger partial charge in [-0.2, -0.15) is 5.10 Å². The summed E-state index contributed by atoms with van der Waals surface area (Å²) >= 11 is 0. The van der Waals surface area contributed by atoms with Crippen molar-refractivity contribution in [3.63, 3.8) is 0 Å². The molecule has 4 heterocycles. The Labute approximate surface area is 173 Å². The van der Waals surface area contributed by atoms with Crippen molar-refractivity contribution in [1.29, 1.82) is 0 Å². The Morgan fingerprint density at radius 2 is 1.53 bits per heavy atom. The quantitative estimate of drug-likeness (QED) is 0.449. The first-order chi connectivity index (χ1) is 14.4. The first-order valence-electron chi connectivity index (χ1n) is 9.82. The van der Waals surface area contributed by atoms with Gasteiger partial charge in [0.15, 0.2) is 0 Å². The molecule has 5 aromatic rings. The highest BCUT2D eigenvalue weighted by molar-refractivity contribution is 5.86. The number of fused-ring (bicyclic) bond motifs is 3. The molecule has 0 atom stereocenters. The Bertz CT molecular complexity index is 1490. The van der Waals surface area contributed by atoms with E-state index in [4.69, 9.17) is 5.10 Å². The van der Waals surface area contributed by atoms with Gasteiger partial charge in [0.1, 0.15) is 5.65 Å². The van der Waals surface area contributed by atoms with E-state index in [0.717, 1.165) is 50.6 Å². The third-order valence-corrected chi connectivity index (χ3v) is 5.40. The highest BCUT2D eigenvalue weighted by Crippen LogP contribution is 2.26. The number of pyridine rings is 2. The normalized spacial score (nSPS) is 11.5. The molecule has 5 rings (SSSR count). The van der Waals surface area contributed by atoms with Crippen molar-refractivity contribution >= 4 is 16.6 Å². The van der Waals surface area contributed by atoms with Crippen molar-refractivity contribution < 1.29 is 0 Å². The predicted octanol–water partition coefficient (Wildman–Crippen LogP) is 4.24. The molecule has 0 aliphatic rings. The fourth-order valence-corrected chi connectivity index (χ4v) is 3.99. The van der Waals surface area contributed by atoms with Crippen LogP contribution in [0.4, 0.5) is 0 Å². The van der Waals surface area contributed by atoms with Crippen LogP contribution in [0, 0.1) is 20.8 Å². The largest absolute Gasteiger partial charge is 0.296 e. The fraction of sp³-hybridized carbons (Fsp3) is 0.167. The van der Waals surface area contributed by atoms with Crippen molar-refractivity contribution in [2.45, 2.75) is 20.8 Å². The molecule has 30 heavy (non-hydrogen) atoms. The molecule has 4 aromatic heterocycles. The number of hydrogen-bond acceptors (Lipinski definition) is 4. The van der Waals surface area contributed by atoms with Crippen LogP contribution in [-0.4, -0.2) is 24.1 Å². The minimum atomic E-state index is -0.0384. The van der Waals surface area contributed by atoms with E-state index in [1.54, 1.807) is 17.8 Å². The Morgan fingerprint density at radius 3 is 2.27 bits per heavy atom. The summed E-state index contributed by atoms with van der Waals surface area (Å²) in [6.07, 6.45) is 1.78. The second kappa shape index (κ2) is 6.62. The molecule has 0 saturated heterocycles. The molecule has 0 fully saturated rings. The number of rotatable bonds is 2. The van der Waals surface area contributed by atoms with E-state index in [1.165, 1.54) is 0 Å². The van der Waals surface area contributed by atoms with Gasteiger partial charge in [-0.1, -0.05) is 6.07 Å². The molecule has 0 radical (unpaired) electrons. The third kappa shape index (κ3) is 2.88. The smallest absolute Gasteiger partial charge is 0.261 e. The van der Waals surface area contributed by atoms with Gasteiger partial charge in [-0.15, -0.1) is 0 Å². The van der Waals surface area contributed by atoms with Crippen LogP contribution in [-0.2, 0) is 7.05 Å². The first-order valence-corrected chi connectivity index (χ1v) is 9.82. The van der Waals surface area contributed by atoms with E-state index in [9.17, 15) is 4.79 Å². The first kappa shape index (κ1) is 18.2. The average molecular weight is 395 g/mol.